The second-order valence-electron chi connectivity index (χ2n) is 5.90. The minimum Gasteiger partial charge on any atom is -0.393 e. The molecule has 0 spiro atoms. The van der Waals surface area contributed by atoms with E-state index in [1.54, 1.807) is 42.5 Å². The molecule has 1 aliphatic rings. The fourth-order valence-corrected chi connectivity index (χ4v) is 3.37. The van der Waals surface area contributed by atoms with Crippen LogP contribution in [-0.2, 0) is 10.8 Å². The van der Waals surface area contributed by atoms with Gasteiger partial charge in [0, 0.05) is 47.1 Å². The number of amides is 2. The molecule has 22 heavy (non-hydrogen) atoms. The van der Waals surface area contributed by atoms with Crippen LogP contribution in [0.4, 0.5) is 10.5 Å². The number of anilines is 1. The molecule has 1 aliphatic carbocycles. The summed E-state index contributed by atoms with van der Waals surface area (Å²) in [4.78, 5) is 14.5. The number of nitrogens with zero attached hydrogens (tertiary/aromatic N) is 1. The number of rotatable bonds is 4. The largest absolute Gasteiger partial charge is 0.393 e. The van der Waals surface area contributed by atoms with Gasteiger partial charge >= 0.3 is 6.03 Å². The Morgan fingerprint density at radius 3 is 2.82 bits per heavy atom. The molecule has 6 heteroatoms. The fraction of sp³-hybridized carbons (Fsp3) is 0.562. The molecular formula is C16H24N2O3S. The Morgan fingerprint density at radius 1 is 1.41 bits per heavy atom. The minimum atomic E-state index is -1.07. The molecule has 2 N–H and O–H groups in total. The van der Waals surface area contributed by atoms with Gasteiger partial charge in [-0.05, 0) is 31.0 Å². The third-order valence-corrected chi connectivity index (χ3v) is 5.06. The Bertz CT molecular complexity index is 550. The number of hydrogen-bond acceptors (Lipinski definition) is 3. The van der Waals surface area contributed by atoms with Crippen LogP contribution in [0, 0.1) is 5.92 Å². The molecule has 2 amide bonds. The van der Waals surface area contributed by atoms with Crippen LogP contribution in [0.5, 0.6) is 0 Å². The van der Waals surface area contributed by atoms with Gasteiger partial charge in [-0.15, -0.1) is 0 Å². The van der Waals surface area contributed by atoms with Crippen molar-refractivity contribution in [1.82, 2.24) is 4.90 Å². The van der Waals surface area contributed by atoms with Crippen molar-refractivity contribution in [3.63, 3.8) is 0 Å². The number of aliphatic hydroxyl groups excluding tert-OH is 1. The molecule has 122 valence electrons. The molecular weight excluding hydrogens is 300 g/mol. The van der Waals surface area contributed by atoms with Crippen LogP contribution in [0.15, 0.2) is 29.2 Å². The standard InChI is InChI=1S/C16H24N2O3S/c1-18(11-12-6-3-4-9-15(12)19)16(20)17-13-7-5-8-14(10-13)22(2)21/h5,7-8,10,12,15,19H,3-4,6,9,11H2,1-2H3,(H,17,20). The summed E-state index contributed by atoms with van der Waals surface area (Å²) < 4.78 is 11.5. The zero-order chi connectivity index (χ0) is 16.1. The summed E-state index contributed by atoms with van der Waals surface area (Å²) in [5, 5.41) is 12.8. The summed E-state index contributed by atoms with van der Waals surface area (Å²) in [7, 11) is 0.661. The summed E-state index contributed by atoms with van der Waals surface area (Å²) in [6.07, 6.45) is 5.26. The third-order valence-electron chi connectivity index (χ3n) is 4.14. The molecule has 0 heterocycles. The van der Waals surface area contributed by atoms with Crippen molar-refractivity contribution in [2.75, 3.05) is 25.2 Å². The minimum absolute atomic E-state index is 0.152. The van der Waals surface area contributed by atoms with Crippen molar-refractivity contribution < 1.29 is 14.1 Å². The van der Waals surface area contributed by atoms with Gasteiger partial charge in [-0.25, -0.2) is 4.79 Å². The van der Waals surface area contributed by atoms with Gasteiger partial charge < -0.3 is 15.3 Å². The topological polar surface area (TPSA) is 69.6 Å². The van der Waals surface area contributed by atoms with E-state index in [2.05, 4.69) is 5.32 Å². The Kier molecular flexibility index (Phi) is 5.97. The van der Waals surface area contributed by atoms with Gasteiger partial charge in [0.25, 0.3) is 0 Å². The Morgan fingerprint density at radius 2 is 2.14 bits per heavy atom. The maximum Gasteiger partial charge on any atom is 0.321 e. The summed E-state index contributed by atoms with van der Waals surface area (Å²) in [5.41, 5.74) is 0.633. The first-order chi connectivity index (χ1) is 10.5. The first-order valence-corrected chi connectivity index (χ1v) is 9.17. The molecule has 0 aliphatic heterocycles. The molecule has 1 aromatic carbocycles. The van der Waals surface area contributed by atoms with Crippen LogP contribution < -0.4 is 5.32 Å². The highest BCUT2D eigenvalue weighted by Gasteiger charge is 2.25. The van der Waals surface area contributed by atoms with E-state index in [0.717, 1.165) is 25.7 Å². The van der Waals surface area contributed by atoms with Crippen molar-refractivity contribution in [3.05, 3.63) is 24.3 Å². The van der Waals surface area contributed by atoms with Crippen LogP contribution in [0.1, 0.15) is 25.7 Å². The van der Waals surface area contributed by atoms with Gasteiger partial charge in [-0.1, -0.05) is 18.9 Å². The normalized spacial score (nSPS) is 22.9. The van der Waals surface area contributed by atoms with Gasteiger partial charge in [-0.2, -0.15) is 0 Å². The van der Waals surface area contributed by atoms with Crippen molar-refractivity contribution >= 4 is 22.5 Å². The SMILES string of the molecule is CN(CC1CCCCC1O)C(=O)Nc1cccc(S(C)=O)c1. The number of nitrogens with one attached hydrogen (secondary N) is 1. The lowest BCUT2D eigenvalue weighted by Crippen LogP contribution is -2.40. The van der Waals surface area contributed by atoms with Crippen LogP contribution in [0.3, 0.4) is 0 Å². The quantitative estimate of drug-likeness (QED) is 0.894. The third kappa shape index (κ3) is 4.55. The smallest absolute Gasteiger partial charge is 0.321 e. The van der Waals surface area contributed by atoms with E-state index in [1.807, 2.05) is 0 Å². The predicted molar refractivity (Wildman–Crippen MR) is 88.4 cm³/mol. The van der Waals surface area contributed by atoms with E-state index in [1.165, 1.54) is 0 Å². The maximum atomic E-state index is 12.2. The van der Waals surface area contributed by atoms with Crippen LogP contribution in [0.25, 0.3) is 0 Å². The maximum absolute atomic E-state index is 12.2. The number of hydrogen-bond donors (Lipinski definition) is 2. The number of aliphatic hydroxyl groups is 1. The summed E-state index contributed by atoms with van der Waals surface area (Å²) in [5.74, 6) is 0.152. The second-order valence-corrected chi connectivity index (χ2v) is 7.28. The summed E-state index contributed by atoms with van der Waals surface area (Å²) in [6, 6.07) is 6.83. The van der Waals surface area contributed by atoms with Crippen molar-refractivity contribution in [2.24, 2.45) is 5.92 Å². The first-order valence-electron chi connectivity index (χ1n) is 7.61. The molecule has 3 atom stereocenters. The van der Waals surface area contributed by atoms with Gasteiger partial charge in [0.2, 0.25) is 0 Å². The molecule has 3 unspecified atom stereocenters. The molecule has 5 nitrogen and oxygen atoms in total. The van der Waals surface area contributed by atoms with E-state index in [9.17, 15) is 14.1 Å². The predicted octanol–water partition coefficient (Wildman–Crippen LogP) is 2.44. The fourth-order valence-electron chi connectivity index (χ4n) is 2.81. The highest BCUT2D eigenvalue weighted by atomic mass is 32.2. The zero-order valence-corrected chi connectivity index (χ0v) is 13.9. The van der Waals surface area contributed by atoms with Gasteiger partial charge in [0.05, 0.1) is 6.10 Å². The lowest BCUT2D eigenvalue weighted by molar-refractivity contribution is 0.0575. The van der Waals surface area contributed by atoms with Crippen LogP contribution in [0.2, 0.25) is 0 Å². The Balaban J connectivity index is 1.93. The van der Waals surface area contributed by atoms with E-state index in [4.69, 9.17) is 0 Å². The van der Waals surface area contributed by atoms with Crippen molar-refractivity contribution in [2.45, 2.75) is 36.7 Å². The molecule has 2 rings (SSSR count). The van der Waals surface area contributed by atoms with Crippen LogP contribution >= 0.6 is 0 Å². The summed E-state index contributed by atoms with van der Waals surface area (Å²) >= 11 is 0. The molecule has 0 radical (unpaired) electrons. The van der Waals surface area contributed by atoms with Crippen molar-refractivity contribution in [3.8, 4) is 0 Å². The number of benzene rings is 1. The van der Waals surface area contributed by atoms with Gasteiger partial charge in [-0.3, -0.25) is 4.21 Å². The summed E-state index contributed by atoms with van der Waals surface area (Å²) in [6.45, 7) is 0.548. The Hall–Kier alpha value is -1.40. The molecule has 1 aromatic rings. The molecule has 1 saturated carbocycles. The van der Waals surface area contributed by atoms with Gasteiger partial charge in [0.1, 0.15) is 0 Å². The zero-order valence-electron chi connectivity index (χ0n) is 13.1. The lowest BCUT2D eigenvalue weighted by atomic mass is 9.86. The molecule has 1 fully saturated rings. The van der Waals surface area contributed by atoms with Crippen molar-refractivity contribution in [1.29, 1.82) is 0 Å². The highest BCUT2D eigenvalue weighted by molar-refractivity contribution is 7.84. The number of urea groups is 1. The lowest BCUT2D eigenvalue weighted by Gasteiger charge is -2.31. The van der Waals surface area contributed by atoms with E-state index >= 15 is 0 Å². The first kappa shape index (κ1) is 17.0. The van der Waals surface area contributed by atoms with Gasteiger partial charge in [0.15, 0.2) is 0 Å². The Labute approximate surface area is 134 Å². The average molecular weight is 324 g/mol. The van der Waals surface area contributed by atoms with E-state index in [0.29, 0.717) is 17.1 Å². The van der Waals surface area contributed by atoms with Crippen LogP contribution in [-0.4, -0.2) is 46.2 Å². The number of carbonyl (C=O) groups is 1. The monoisotopic (exact) mass is 324 g/mol. The van der Waals surface area contributed by atoms with E-state index in [-0.39, 0.29) is 18.1 Å². The molecule has 0 aromatic heterocycles. The average Bonchev–Trinajstić information content (AvgIpc) is 2.49. The molecule has 0 saturated heterocycles. The van der Waals surface area contributed by atoms with E-state index < -0.39 is 10.8 Å². The second kappa shape index (κ2) is 7.74. The molecule has 0 bridgehead atoms. The number of carbonyl (C=O) groups excluding carboxylic acids is 1. The highest BCUT2D eigenvalue weighted by Crippen LogP contribution is 2.25.